The van der Waals surface area contributed by atoms with E-state index in [0.717, 1.165) is 26.1 Å². The van der Waals surface area contributed by atoms with E-state index >= 15 is 0 Å². The molecule has 13 heavy (non-hydrogen) atoms. The van der Waals surface area contributed by atoms with Crippen molar-refractivity contribution in [3.8, 4) is 0 Å². The highest BCUT2D eigenvalue weighted by atomic mass is 16.5. The lowest BCUT2D eigenvalue weighted by molar-refractivity contribution is -0.151. The molecule has 3 nitrogen and oxygen atoms in total. The van der Waals surface area contributed by atoms with E-state index in [1.807, 2.05) is 13.8 Å². The summed E-state index contributed by atoms with van der Waals surface area (Å²) in [6.45, 7) is 8.85. The van der Waals surface area contributed by atoms with Crippen LogP contribution in [-0.4, -0.2) is 36.6 Å². The van der Waals surface area contributed by atoms with Crippen molar-refractivity contribution < 1.29 is 9.53 Å². The Morgan fingerprint density at radius 2 is 2.31 bits per heavy atom. The second kappa shape index (κ2) is 4.61. The molecule has 3 heteroatoms. The van der Waals surface area contributed by atoms with Crippen molar-refractivity contribution in [2.24, 2.45) is 5.92 Å². The summed E-state index contributed by atoms with van der Waals surface area (Å²) in [6, 6.07) is 0. The zero-order valence-corrected chi connectivity index (χ0v) is 8.75. The van der Waals surface area contributed by atoms with E-state index in [4.69, 9.17) is 4.74 Å². The molecule has 1 rings (SSSR count). The number of esters is 1. The molecule has 0 amide bonds. The van der Waals surface area contributed by atoms with E-state index in [-0.39, 0.29) is 18.0 Å². The van der Waals surface area contributed by atoms with Crippen LogP contribution in [-0.2, 0) is 9.53 Å². The smallest absolute Gasteiger partial charge is 0.310 e. The molecule has 0 aromatic carbocycles. The maximum Gasteiger partial charge on any atom is 0.310 e. The molecule has 0 radical (unpaired) electrons. The van der Waals surface area contributed by atoms with Gasteiger partial charge in [-0.25, -0.2) is 0 Å². The summed E-state index contributed by atoms with van der Waals surface area (Å²) < 4.78 is 5.16. The van der Waals surface area contributed by atoms with Crippen molar-refractivity contribution in [2.45, 2.75) is 33.3 Å². The van der Waals surface area contributed by atoms with Crippen molar-refractivity contribution in [3.05, 3.63) is 0 Å². The molecule has 1 saturated heterocycles. The van der Waals surface area contributed by atoms with Crippen LogP contribution in [0, 0.1) is 5.92 Å². The Kier molecular flexibility index (Phi) is 3.72. The lowest BCUT2D eigenvalue weighted by Crippen LogP contribution is -2.25. The second-order valence-corrected chi connectivity index (χ2v) is 3.86. The minimum absolute atomic E-state index is 0.0168. The zero-order chi connectivity index (χ0) is 9.84. The third-order valence-corrected chi connectivity index (χ3v) is 2.40. The van der Waals surface area contributed by atoms with Crippen molar-refractivity contribution in [3.63, 3.8) is 0 Å². The number of nitrogens with zero attached hydrogens (tertiary/aromatic N) is 1. The van der Waals surface area contributed by atoms with E-state index in [1.165, 1.54) is 0 Å². The summed E-state index contributed by atoms with van der Waals surface area (Å²) >= 11 is 0. The predicted molar refractivity (Wildman–Crippen MR) is 51.4 cm³/mol. The average Bonchev–Trinajstić information content (AvgIpc) is 2.50. The second-order valence-electron chi connectivity index (χ2n) is 3.86. The quantitative estimate of drug-likeness (QED) is 0.620. The molecule has 1 aliphatic rings. The van der Waals surface area contributed by atoms with E-state index < -0.39 is 0 Å². The Balaban J connectivity index is 2.33. The number of carbonyl (C=O) groups is 1. The van der Waals surface area contributed by atoms with Crippen LogP contribution in [0.1, 0.15) is 27.2 Å². The highest BCUT2D eigenvalue weighted by Crippen LogP contribution is 2.17. The van der Waals surface area contributed by atoms with Gasteiger partial charge in [0.25, 0.3) is 0 Å². The normalized spacial score (nSPS) is 23.8. The molecule has 0 bridgehead atoms. The van der Waals surface area contributed by atoms with Crippen LogP contribution >= 0.6 is 0 Å². The van der Waals surface area contributed by atoms with Gasteiger partial charge in [0.2, 0.25) is 0 Å². The monoisotopic (exact) mass is 185 g/mol. The molecule has 76 valence electrons. The Labute approximate surface area is 80.1 Å². The Hall–Kier alpha value is -0.570. The van der Waals surface area contributed by atoms with E-state index in [1.54, 1.807) is 0 Å². The Bertz CT molecular complexity index is 180. The number of ether oxygens (including phenoxy) is 1. The minimum Gasteiger partial charge on any atom is -0.463 e. The number of rotatable bonds is 3. The Morgan fingerprint density at radius 1 is 1.62 bits per heavy atom. The van der Waals surface area contributed by atoms with Gasteiger partial charge in [-0.15, -0.1) is 0 Å². The van der Waals surface area contributed by atoms with Gasteiger partial charge < -0.3 is 9.64 Å². The summed E-state index contributed by atoms with van der Waals surface area (Å²) in [5.41, 5.74) is 0. The van der Waals surface area contributed by atoms with Gasteiger partial charge in [-0.05, 0) is 33.4 Å². The predicted octanol–water partition coefficient (Wildman–Crippen LogP) is 1.28. The van der Waals surface area contributed by atoms with Crippen LogP contribution < -0.4 is 0 Å². The van der Waals surface area contributed by atoms with Gasteiger partial charge in [0.15, 0.2) is 0 Å². The summed E-state index contributed by atoms with van der Waals surface area (Å²) in [5.74, 6) is 0.0910. The molecule has 1 fully saturated rings. The highest BCUT2D eigenvalue weighted by Gasteiger charge is 2.28. The summed E-state index contributed by atoms with van der Waals surface area (Å²) in [4.78, 5) is 13.8. The standard InChI is InChI=1S/C10H19NO2/c1-4-11-6-5-9(7-11)10(12)13-8(2)3/h8-9H,4-7H2,1-3H3. The maximum atomic E-state index is 11.5. The fourth-order valence-corrected chi connectivity index (χ4v) is 1.64. The van der Waals surface area contributed by atoms with Gasteiger partial charge in [-0.3, -0.25) is 4.79 Å². The van der Waals surface area contributed by atoms with Gasteiger partial charge in [-0.2, -0.15) is 0 Å². The third-order valence-electron chi connectivity index (χ3n) is 2.40. The van der Waals surface area contributed by atoms with Crippen LogP contribution in [0.15, 0.2) is 0 Å². The molecule has 1 aliphatic heterocycles. The van der Waals surface area contributed by atoms with Crippen LogP contribution in [0.3, 0.4) is 0 Å². The lowest BCUT2D eigenvalue weighted by Gasteiger charge is -2.14. The minimum atomic E-state index is -0.0223. The molecule has 0 spiro atoms. The van der Waals surface area contributed by atoms with E-state index in [0.29, 0.717) is 0 Å². The number of hydrogen-bond donors (Lipinski definition) is 0. The molecule has 1 unspecified atom stereocenters. The van der Waals surface area contributed by atoms with Crippen molar-refractivity contribution in [1.29, 1.82) is 0 Å². The van der Waals surface area contributed by atoms with E-state index in [2.05, 4.69) is 11.8 Å². The van der Waals surface area contributed by atoms with Crippen LogP contribution in [0.25, 0.3) is 0 Å². The third kappa shape index (κ3) is 2.99. The summed E-state index contributed by atoms with van der Waals surface area (Å²) in [6.07, 6.45) is 0.975. The van der Waals surface area contributed by atoms with E-state index in [9.17, 15) is 4.79 Å². The fourth-order valence-electron chi connectivity index (χ4n) is 1.64. The first kappa shape index (κ1) is 10.5. The molecule has 0 aromatic heterocycles. The molecule has 0 aromatic rings. The fraction of sp³-hybridized carbons (Fsp3) is 0.900. The van der Waals surface area contributed by atoms with Crippen molar-refractivity contribution >= 4 is 5.97 Å². The van der Waals surface area contributed by atoms with Crippen molar-refractivity contribution in [1.82, 2.24) is 4.90 Å². The molecular weight excluding hydrogens is 166 g/mol. The molecule has 0 saturated carbocycles. The first-order valence-corrected chi connectivity index (χ1v) is 5.06. The van der Waals surface area contributed by atoms with Crippen LogP contribution in [0.2, 0.25) is 0 Å². The molecule has 0 N–H and O–H groups in total. The molecule has 1 atom stereocenters. The highest BCUT2D eigenvalue weighted by molar-refractivity contribution is 5.73. The molecule has 1 heterocycles. The zero-order valence-electron chi connectivity index (χ0n) is 8.75. The first-order chi connectivity index (χ1) is 6.13. The van der Waals surface area contributed by atoms with Crippen LogP contribution in [0.4, 0.5) is 0 Å². The number of hydrogen-bond acceptors (Lipinski definition) is 3. The largest absolute Gasteiger partial charge is 0.463 e. The average molecular weight is 185 g/mol. The van der Waals surface area contributed by atoms with Gasteiger partial charge in [0.05, 0.1) is 12.0 Å². The SMILES string of the molecule is CCN1CCC(C(=O)OC(C)C)C1. The van der Waals surface area contributed by atoms with Gasteiger partial charge in [-0.1, -0.05) is 6.92 Å². The van der Waals surface area contributed by atoms with Gasteiger partial charge in [0, 0.05) is 6.54 Å². The van der Waals surface area contributed by atoms with Gasteiger partial charge >= 0.3 is 5.97 Å². The summed E-state index contributed by atoms with van der Waals surface area (Å²) in [7, 11) is 0. The molecular formula is C10H19NO2. The maximum absolute atomic E-state index is 11.5. The number of likely N-dealkylation sites (tertiary alicyclic amines) is 1. The topological polar surface area (TPSA) is 29.5 Å². The summed E-state index contributed by atoms with van der Waals surface area (Å²) in [5, 5.41) is 0. The van der Waals surface area contributed by atoms with Crippen molar-refractivity contribution in [2.75, 3.05) is 19.6 Å². The first-order valence-electron chi connectivity index (χ1n) is 5.06. The van der Waals surface area contributed by atoms with Gasteiger partial charge in [0.1, 0.15) is 0 Å². The molecule has 0 aliphatic carbocycles. The van der Waals surface area contributed by atoms with Crippen LogP contribution in [0.5, 0.6) is 0 Å². The Morgan fingerprint density at radius 3 is 2.77 bits per heavy atom. The number of carbonyl (C=O) groups excluding carboxylic acids is 1. The lowest BCUT2D eigenvalue weighted by atomic mass is 10.1.